The van der Waals surface area contributed by atoms with Gasteiger partial charge in [0.2, 0.25) is 0 Å². The Hall–Kier alpha value is -1.84. The summed E-state index contributed by atoms with van der Waals surface area (Å²) in [5.74, 6) is 0. The van der Waals surface area contributed by atoms with Crippen molar-refractivity contribution in [2.24, 2.45) is 0 Å². The van der Waals surface area contributed by atoms with Crippen molar-refractivity contribution >= 4 is 34.0 Å². The van der Waals surface area contributed by atoms with Crippen LogP contribution in [0.1, 0.15) is 28.6 Å². The Morgan fingerprint density at radius 2 is 2.13 bits per heavy atom. The molecule has 0 aliphatic carbocycles. The highest BCUT2D eigenvalue weighted by Crippen LogP contribution is 2.33. The summed E-state index contributed by atoms with van der Waals surface area (Å²) in [4.78, 5) is 3.77. The molecule has 0 spiro atoms. The molecular weight excluding hydrogens is 300 g/mol. The van der Waals surface area contributed by atoms with Gasteiger partial charge in [0, 0.05) is 41.7 Å². The molecule has 4 rings (SSSR count). The summed E-state index contributed by atoms with van der Waals surface area (Å²) in [6.07, 6.45) is 3.45. The SMILES string of the molecule is C/C(=C\n1c2c(c3cc(C)ccc31)CN(C)CC2)c1cccs1. The van der Waals surface area contributed by atoms with Crippen LogP contribution in [-0.4, -0.2) is 23.1 Å². The van der Waals surface area contributed by atoms with Gasteiger partial charge >= 0.3 is 0 Å². The minimum Gasteiger partial charge on any atom is -0.320 e. The maximum atomic E-state index is 2.44. The molecule has 0 N–H and O–H groups in total. The first-order valence-electron chi connectivity index (χ1n) is 8.16. The third-order valence-corrected chi connectivity index (χ3v) is 5.77. The van der Waals surface area contributed by atoms with Gasteiger partial charge in [0.1, 0.15) is 0 Å². The van der Waals surface area contributed by atoms with Gasteiger partial charge in [-0.2, -0.15) is 0 Å². The average molecular weight is 322 g/mol. The summed E-state index contributed by atoms with van der Waals surface area (Å²) >= 11 is 1.81. The van der Waals surface area contributed by atoms with E-state index in [0.29, 0.717) is 0 Å². The van der Waals surface area contributed by atoms with E-state index in [-0.39, 0.29) is 0 Å². The van der Waals surface area contributed by atoms with Crippen LogP contribution in [0.3, 0.4) is 0 Å². The van der Waals surface area contributed by atoms with Crippen LogP contribution in [0.4, 0.5) is 0 Å². The highest BCUT2D eigenvalue weighted by atomic mass is 32.1. The maximum absolute atomic E-state index is 2.44. The van der Waals surface area contributed by atoms with Crippen molar-refractivity contribution in [3.63, 3.8) is 0 Å². The van der Waals surface area contributed by atoms with Crippen molar-refractivity contribution < 1.29 is 0 Å². The molecule has 0 saturated heterocycles. The monoisotopic (exact) mass is 322 g/mol. The summed E-state index contributed by atoms with van der Waals surface area (Å²) in [7, 11) is 2.22. The van der Waals surface area contributed by atoms with Crippen molar-refractivity contribution in [2.45, 2.75) is 26.8 Å². The third kappa shape index (κ3) is 2.54. The van der Waals surface area contributed by atoms with Gasteiger partial charge in [0.25, 0.3) is 0 Å². The van der Waals surface area contributed by atoms with Gasteiger partial charge in [-0.25, -0.2) is 0 Å². The number of rotatable bonds is 2. The number of hydrogen-bond donors (Lipinski definition) is 0. The van der Waals surface area contributed by atoms with E-state index < -0.39 is 0 Å². The molecule has 3 heterocycles. The van der Waals surface area contributed by atoms with E-state index in [0.717, 1.165) is 19.5 Å². The molecule has 118 valence electrons. The quantitative estimate of drug-likeness (QED) is 0.643. The molecule has 1 aliphatic heterocycles. The van der Waals surface area contributed by atoms with Gasteiger partial charge in [-0.1, -0.05) is 17.7 Å². The van der Waals surface area contributed by atoms with Crippen LogP contribution in [0.5, 0.6) is 0 Å². The fourth-order valence-electron chi connectivity index (χ4n) is 3.55. The second-order valence-corrected chi connectivity index (χ2v) is 7.54. The molecule has 2 nitrogen and oxygen atoms in total. The number of nitrogens with zero attached hydrogens (tertiary/aromatic N) is 2. The molecule has 23 heavy (non-hydrogen) atoms. The molecule has 0 atom stereocenters. The third-order valence-electron chi connectivity index (χ3n) is 4.77. The fourth-order valence-corrected chi connectivity index (χ4v) is 4.25. The molecule has 0 unspecified atom stereocenters. The Labute approximate surface area is 141 Å². The van der Waals surface area contributed by atoms with E-state index in [1.54, 1.807) is 0 Å². The van der Waals surface area contributed by atoms with Crippen LogP contribution in [0.25, 0.3) is 22.7 Å². The van der Waals surface area contributed by atoms with E-state index in [2.05, 4.69) is 72.3 Å². The average Bonchev–Trinajstić information content (AvgIpc) is 3.15. The Bertz CT molecular complexity index is 884. The fraction of sp³-hybridized carbons (Fsp3) is 0.300. The molecule has 0 saturated carbocycles. The number of benzene rings is 1. The molecule has 0 fully saturated rings. The highest BCUT2D eigenvalue weighted by molar-refractivity contribution is 7.11. The summed E-state index contributed by atoms with van der Waals surface area (Å²) in [5.41, 5.74) is 7.00. The topological polar surface area (TPSA) is 8.17 Å². The van der Waals surface area contributed by atoms with Gasteiger partial charge in [0.15, 0.2) is 0 Å². The molecule has 1 aliphatic rings. The van der Waals surface area contributed by atoms with E-state index in [1.165, 1.54) is 38.2 Å². The number of hydrogen-bond acceptors (Lipinski definition) is 2. The van der Waals surface area contributed by atoms with Crippen molar-refractivity contribution in [3.05, 3.63) is 57.4 Å². The number of allylic oxidation sites excluding steroid dienone is 1. The molecule has 0 radical (unpaired) electrons. The summed E-state index contributed by atoms with van der Waals surface area (Å²) in [6, 6.07) is 11.2. The minimum atomic E-state index is 1.05. The van der Waals surface area contributed by atoms with Crippen molar-refractivity contribution in [2.75, 3.05) is 13.6 Å². The lowest BCUT2D eigenvalue weighted by Crippen LogP contribution is -2.26. The van der Waals surface area contributed by atoms with Crippen LogP contribution in [0.15, 0.2) is 35.7 Å². The number of fused-ring (bicyclic) bond motifs is 3. The second kappa shape index (κ2) is 5.66. The first kappa shape index (κ1) is 14.7. The molecule has 3 heteroatoms. The van der Waals surface area contributed by atoms with Crippen LogP contribution in [0, 0.1) is 6.92 Å². The lowest BCUT2D eigenvalue weighted by Gasteiger charge is -2.23. The Morgan fingerprint density at radius 1 is 1.26 bits per heavy atom. The molecule has 3 aromatic rings. The van der Waals surface area contributed by atoms with Gasteiger partial charge in [-0.05, 0) is 55.6 Å². The van der Waals surface area contributed by atoms with Gasteiger partial charge < -0.3 is 9.47 Å². The minimum absolute atomic E-state index is 1.05. The Morgan fingerprint density at radius 3 is 2.91 bits per heavy atom. The van der Waals surface area contributed by atoms with E-state index >= 15 is 0 Å². The first-order chi connectivity index (χ1) is 11.1. The van der Waals surface area contributed by atoms with Crippen molar-refractivity contribution in [3.8, 4) is 0 Å². The smallest absolute Gasteiger partial charge is 0.0529 e. The first-order valence-corrected chi connectivity index (χ1v) is 9.04. The number of aromatic nitrogens is 1. The number of likely N-dealkylation sites (N-methyl/N-ethyl adjacent to an activating group) is 1. The van der Waals surface area contributed by atoms with Gasteiger partial charge in [0.05, 0.1) is 5.52 Å². The standard InChI is InChI=1S/C20H22N2S/c1-14-6-7-18-16(11-14)17-13-21(3)9-8-19(17)22(18)12-15(2)20-5-4-10-23-20/h4-7,10-12H,8-9,13H2,1-3H3/b15-12+. The molecular formula is C20H22N2S. The number of aryl methyl sites for hydroxylation is 1. The normalized spacial score (nSPS) is 16.0. The zero-order chi connectivity index (χ0) is 16.0. The van der Waals surface area contributed by atoms with Gasteiger partial charge in [-0.3, -0.25) is 0 Å². The van der Waals surface area contributed by atoms with Crippen LogP contribution >= 0.6 is 11.3 Å². The van der Waals surface area contributed by atoms with Crippen LogP contribution in [0.2, 0.25) is 0 Å². The van der Waals surface area contributed by atoms with Crippen LogP contribution in [-0.2, 0) is 13.0 Å². The molecule has 1 aromatic carbocycles. The molecule has 2 aromatic heterocycles. The van der Waals surface area contributed by atoms with E-state index in [4.69, 9.17) is 0 Å². The largest absolute Gasteiger partial charge is 0.320 e. The second-order valence-electron chi connectivity index (χ2n) is 6.59. The predicted octanol–water partition coefficient (Wildman–Crippen LogP) is 5.02. The zero-order valence-electron chi connectivity index (χ0n) is 14.0. The summed E-state index contributed by atoms with van der Waals surface area (Å²) in [6.45, 7) is 6.58. The predicted molar refractivity (Wildman–Crippen MR) is 101 cm³/mol. The van der Waals surface area contributed by atoms with Gasteiger partial charge in [-0.15, -0.1) is 11.3 Å². The molecule has 0 bridgehead atoms. The lowest BCUT2D eigenvalue weighted by molar-refractivity contribution is 0.312. The highest BCUT2D eigenvalue weighted by Gasteiger charge is 2.21. The van der Waals surface area contributed by atoms with Crippen molar-refractivity contribution in [1.29, 1.82) is 0 Å². The summed E-state index contributed by atoms with van der Waals surface area (Å²) in [5, 5.41) is 3.57. The number of thiophene rings is 1. The zero-order valence-corrected chi connectivity index (χ0v) is 14.8. The van der Waals surface area contributed by atoms with E-state index in [1.807, 2.05) is 11.3 Å². The van der Waals surface area contributed by atoms with E-state index in [9.17, 15) is 0 Å². The summed E-state index contributed by atoms with van der Waals surface area (Å²) < 4.78 is 2.44. The maximum Gasteiger partial charge on any atom is 0.0529 e. The Kier molecular flexibility index (Phi) is 3.63. The Balaban J connectivity index is 1.94. The van der Waals surface area contributed by atoms with Crippen LogP contribution < -0.4 is 0 Å². The van der Waals surface area contributed by atoms with Crippen molar-refractivity contribution in [1.82, 2.24) is 9.47 Å². The lowest BCUT2D eigenvalue weighted by atomic mass is 10.0. The molecule has 0 amide bonds.